The van der Waals surface area contributed by atoms with E-state index < -0.39 is 5.69 Å². The van der Waals surface area contributed by atoms with Crippen molar-refractivity contribution in [2.45, 2.75) is 6.54 Å². The van der Waals surface area contributed by atoms with Gasteiger partial charge in [-0.1, -0.05) is 0 Å². The van der Waals surface area contributed by atoms with E-state index >= 15 is 0 Å². The van der Waals surface area contributed by atoms with Gasteiger partial charge in [-0.3, -0.25) is 9.78 Å². The van der Waals surface area contributed by atoms with E-state index in [0.717, 1.165) is 0 Å². The first-order chi connectivity index (χ1) is 6.75. The average Bonchev–Trinajstić information content (AvgIpc) is 2.62. The summed E-state index contributed by atoms with van der Waals surface area (Å²) >= 11 is 0. The minimum atomic E-state index is -0.496. The molecule has 0 aliphatic carbocycles. The third-order valence-corrected chi connectivity index (χ3v) is 1.81. The number of hydrogen-bond donors (Lipinski definition) is 2. The van der Waals surface area contributed by atoms with Crippen LogP contribution in [0.4, 0.5) is 0 Å². The molecule has 0 unspecified atom stereocenters. The molecule has 0 aliphatic heterocycles. The highest BCUT2D eigenvalue weighted by Crippen LogP contribution is 1.92. The van der Waals surface area contributed by atoms with E-state index in [9.17, 15) is 9.59 Å². The molecule has 0 aliphatic rings. The summed E-state index contributed by atoms with van der Waals surface area (Å²) in [4.78, 5) is 30.4. The summed E-state index contributed by atoms with van der Waals surface area (Å²) in [5.41, 5.74) is -0.380. The molecule has 2 N–H and O–H groups in total. The monoisotopic (exact) mass is 192 g/mol. The number of aromatic amines is 2. The highest BCUT2D eigenvalue weighted by molar-refractivity contribution is 5.04. The van der Waals surface area contributed by atoms with Crippen molar-refractivity contribution in [3.8, 4) is 0 Å². The number of aromatic nitrogens is 4. The van der Waals surface area contributed by atoms with Crippen molar-refractivity contribution in [3.63, 3.8) is 0 Å². The largest absolute Gasteiger partial charge is 0.333 e. The lowest BCUT2D eigenvalue weighted by Gasteiger charge is -1.99. The molecular weight excluding hydrogens is 184 g/mol. The van der Waals surface area contributed by atoms with Crippen LogP contribution in [0.15, 0.2) is 34.5 Å². The Morgan fingerprint density at radius 1 is 1.43 bits per heavy atom. The lowest BCUT2D eigenvalue weighted by molar-refractivity contribution is 0.774. The fraction of sp³-hybridized carbons (Fsp3) is 0.125. The standard InChI is InChI=1S/C8H8N4O2/c13-7-6(3-10-8(14)11-7)4-12-2-1-9-5-12/h1-3,5H,4H2,(H2,10,11,13,14). The first kappa shape index (κ1) is 8.49. The van der Waals surface area contributed by atoms with E-state index in [2.05, 4.69) is 15.0 Å². The van der Waals surface area contributed by atoms with Gasteiger partial charge in [0.1, 0.15) is 0 Å². The van der Waals surface area contributed by atoms with Crippen molar-refractivity contribution in [1.29, 1.82) is 0 Å². The van der Waals surface area contributed by atoms with E-state index in [1.807, 2.05) is 0 Å². The van der Waals surface area contributed by atoms with Crippen molar-refractivity contribution in [2.24, 2.45) is 0 Å². The number of rotatable bonds is 2. The van der Waals surface area contributed by atoms with Crippen molar-refractivity contribution >= 4 is 0 Å². The van der Waals surface area contributed by atoms with Gasteiger partial charge in [-0.15, -0.1) is 0 Å². The number of H-pyrrole nitrogens is 2. The molecule has 0 bridgehead atoms. The van der Waals surface area contributed by atoms with Crippen molar-refractivity contribution in [2.75, 3.05) is 0 Å². The Kier molecular flexibility index (Phi) is 2.02. The third-order valence-electron chi connectivity index (χ3n) is 1.81. The molecule has 0 atom stereocenters. The molecule has 0 radical (unpaired) electrons. The first-order valence-electron chi connectivity index (χ1n) is 4.02. The molecule has 0 fully saturated rings. The highest BCUT2D eigenvalue weighted by atomic mass is 16.2. The van der Waals surface area contributed by atoms with Crippen LogP contribution >= 0.6 is 0 Å². The predicted molar refractivity (Wildman–Crippen MR) is 49.0 cm³/mol. The van der Waals surface area contributed by atoms with Crippen LogP contribution in [0.2, 0.25) is 0 Å². The molecule has 6 heteroatoms. The summed E-state index contributed by atoms with van der Waals surface area (Å²) in [6, 6.07) is 0. The summed E-state index contributed by atoms with van der Waals surface area (Å²) < 4.78 is 1.74. The van der Waals surface area contributed by atoms with Crippen molar-refractivity contribution < 1.29 is 0 Å². The maximum Gasteiger partial charge on any atom is 0.325 e. The molecule has 2 heterocycles. The van der Waals surface area contributed by atoms with E-state index in [0.29, 0.717) is 12.1 Å². The van der Waals surface area contributed by atoms with Crippen LogP contribution in [0, 0.1) is 0 Å². The van der Waals surface area contributed by atoms with Gasteiger partial charge in [0.05, 0.1) is 18.4 Å². The van der Waals surface area contributed by atoms with Gasteiger partial charge in [-0.2, -0.15) is 0 Å². The molecule has 2 rings (SSSR count). The molecule has 0 saturated carbocycles. The number of nitrogens with zero attached hydrogens (tertiary/aromatic N) is 2. The molecule has 14 heavy (non-hydrogen) atoms. The van der Waals surface area contributed by atoms with Crippen molar-refractivity contribution in [1.82, 2.24) is 19.5 Å². The second kappa shape index (κ2) is 3.33. The van der Waals surface area contributed by atoms with Crippen LogP contribution in [-0.4, -0.2) is 19.5 Å². The minimum Gasteiger partial charge on any atom is -0.333 e. The van der Waals surface area contributed by atoms with Crippen LogP contribution in [0.5, 0.6) is 0 Å². The highest BCUT2D eigenvalue weighted by Gasteiger charge is 2.00. The van der Waals surface area contributed by atoms with Crippen LogP contribution in [0.3, 0.4) is 0 Å². The molecule has 2 aromatic heterocycles. The SMILES string of the molecule is O=c1[nH]cc(Cn2ccnc2)c(=O)[nH]1. The van der Waals surface area contributed by atoms with Gasteiger partial charge in [-0.05, 0) is 0 Å². The van der Waals surface area contributed by atoms with E-state index in [4.69, 9.17) is 0 Å². The minimum absolute atomic E-state index is 0.373. The Morgan fingerprint density at radius 3 is 2.93 bits per heavy atom. The van der Waals surface area contributed by atoms with Crippen molar-refractivity contribution in [3.05, 3.63) is 51.3 Å². The van der Waals surface area contributed by atoms with E-state index in [-0.39, 0.29) is 5.56 Å². The zero-order valence-electron chi connectivity index (χ0n) is 7.23. The summed E-state index contributed by atoms with van der Waals surface area (Å²) in [6.07, 6.45) is 6.37. The van der Waals surface area contributed by atoms with Crippen LogP contribution in [-0.2, 0) is 6.54 Å². The second-order valence-electron chi connectivity index (χ2n) is 2.83. The van der Waals surface area contributed by atoms with Crippen LogP contribution in [0.1, 0.15) is 5.56 Å². The van der Waals surface area contributed by atoms with Gasteiger partial charge >= 0.3 is 5.69 Å². The van der Waals surface area contributed by atoms with Gasteiger partial charge in [0.25, 0.3) is 5.56 Å². The van der Waals surface area contributed by atoms with Gasteiger partial charge in [0.2, 0.25) is 0 Å². The Hall–Kier alpha value is -2.11. The maximum absolute atomic E-state index is 11.3. The summed E-state index contributed by atoms with van der Waals surface area (Å²) in [5, 5.41) is 0. The molecular formula is C8H8N4O2. The normalized spacial score (nSPS) is 10.3. The second-order valence-corrected chi connectivity index (χ2v) is 2.83. The molecule has 0 spiro atoms. The molecule has 0 amide bonds. The smallest absolute Gasteiger partial charge is 0.325 e. The van der Waals surface area contributed by atoms with E-state index in [1.165, 1.54) is 6.20 Å². The zero-order chi connectivity index (χ0) is 9.97. The topological polar surface area (TPSA) is 83.5 Å². The molecule has 0 aromatic carbocycles. The van der Waals surface area contributed by atoms with E-state index in [1.54, 1.807) is 23.3 Å². The fourth-order valence-electron chi connectivity index (χ4n) is 1.13. The average molecular weight is 192 g/mol. The zero-order valence-corrected chi connectivity index (χ0v) is 7.23. The summed E-state index contributed by atoms with van der Waals surface area (Å²) in [7, 11) is 0. The Bertz CT molecular complexity index is 523. The fourth-order valence-corrected chi connectivity index (χ4v) is 1.13. The summed E-state index contributed by atoms with van der Waals surface area (Å²) in [5.74, 6) is 0. The van der Waals surface area contributed by atoms with Gasteiger partial charge in [0.15, 0.2) is 0 Å². The Labute approximate surface area is 78.3 Å². The van der Waals surface area contributed by atoms with Gasteiger partial charge in [0, 0.05) is 18.6 Å². The van der Waals surface area contributed by atoms with Gasteiger partial charge < -0.3 is 9.55 Å². The third kappa shape index (κ3) is 1.63. The number of imidazole rings is 1. The Balaban J connectivity index is 2.35. The Morgan fingerprint density at radius 2 is 2.29 bits per heavy atom. The molecule has 6 nitrogen and oxygen atoms in total. The molecule has 2 aromatic rings. The quantitative estimate of drug-likeness (QED) is 0.660. The van der Waals surface area contributed by atoms with Crippen LogP contribution < -0.4 is 11.2 Å². The lowest BCUT2D eigenvalue weighted by atomic mass is 10.3. The van der Waals surface area contributed by atoms with Crippen LogP contribution in [0.25, 0.3) is 0 Å². The maximum atomic E-state index is 11.3. The predicted octanol–water partition coefficient (Wildman–Crippen LogP) is -0.692. The summed E-state index contributed by atoms with van der Waals surface area (Å²) in [6.45, 7) is 0.395. The first-order valence-corrected chi connectivity index (χ1v) is 4.02. The lowest BCUT2D eigenvalue weighted by Crippen LogP contribution is -2.25. The number of nitrogens with one attached hydrogen (secondary N) is 2. The number of hydrogen-bond acceptors (Lipinski definition) is 3. The van der Waals surface area contributed by atoms with Gasteiger partial charge in [-0.25, -0.2) is 9.78 Å². The molecule has 0 saturated heterocycles. The molecule has 72 valence electrons.